The minimum absolute atomic E-state index is 0.653. The first-order valence-corrected chi connectivity index (χ1v) is 3.10. The molecule has 0 amide bonds. The first-order valence-electron chi connectivity index (χ1n) is 3.10. The van der Waals surface area contributed by atoms with Crippen LogP contribution in [0.1, 0.15) is 33.1 Å². The molecule has 0 spiro atoms. The summed E-state index contributed by atoms with van der Waals surface area (Å²) in [4.78, 5) is 0. The highest BCUT2D eigenvalue weighted by atomic mass is 13.9. The monoisotopic (exact) mass is 99.1 g/mol. The van der Waals surface area contributed by atoms with Gasteiger partial charge < -0.3 is 0 Å². The molecule has 0 aromatic rings. The predicted molar refractivity (Wildman–Crippen MR) is 34.0 cm³/mol. The summed E-state index contributed by atoms with van der Waals surface area (Å²) in [5, 5.41) is 0. The first kappa shape index (κ1) is 7.00. The lowest BCUT2D eigenvalue weighted by Gasteiger charge is -1.98. The summed E-state index contributed by atoms with van der Waals surface area (Å²) in [6, 6.07) is 0. The maximum Gasteiger partial charge on any atom is -0.0443 e. The van der Waals surface area contributed by atoms with Gasteiger partial charge in [-0.2, -0.15) is 0 Å². The van der Waals surface area contributed by atoms with Gasteiger partial charge >= 0.3 is 0 Å². The highest BCUT2D eigenvalue weighted by molar-refractivity contribution is 4.51. The van der Waals surface area contributed by atoms with Crippen LogP contribution in [0.4, 0.5) is 0 Å². The van der Waals surface area contributed by atoms with E-state index in [1.807, 2.05) is 0 Å². The van der Waals surface area contributed by atoms with E-state index >= 15 is 0 Å². The maximum absolute atomic E-state index is 3.88. The molecule has 0 aliphatic rings. The van der Waals surface area contributed by atoms with Crippen molar-refractivity contribution in [1.82, 2.24) is 0 Å². The molecule has 0 nitrogen and oxygen atoms in total. The summed E-state index contributed by atoms with van der Waals surface area (Å²) in [6.45, 7) is 8.25. The average molecular weight is 99.2 g/mol. The lowest BCUT2D eigenvalue weighted by molar-refractivity contribution is 0.595. The second-order valence-corrected chi connectivity index (χ2v) is 2.25. The molecule has 0 unspecified atom stereocenters. The Kier molecular flexibility index (Phi) is 4.17. The van der Waals surface area contributed by atoms with Crippen LogP contribution in [0.5, 0.6) is 0 Å². The van der Waals surface area contributed by atoms with Gasteiger partial charge in [-0.15, -0.1) is 0 Å². The van der Waals surface area contributed by atoms with Gasteiger partial charge in [-0.3, -0.25) is 0 Å². The highest BCUT2D eigenvalue weighted by Crippen LogP contribution is 2.03. The molecule has 43 valence electrons. The van der Waals surface area contributed by atoms with Crippen LogP contribution in [0.2, 0.25) is 0 Å². The summed E-state index contributed by atoms with van der Waals surface area (Å²) in [5.74, 6) is 0.653. The fourth-order valence-corrected chi connectivity index (χ4v) is 0.553. The molecule has 0 heteroatoms. The SMILES string of the molecule is [CH2][C@@H](C)CCCC. The van der Waals surface area contributed by atoms with E-state index in [1.165, 1.54) is 19.3 Å². The number of hydrogen-bond donors (Lipinski definition) is 0. The Morgan fingerprint density at radius 3 is 2.29 bits per heavy atom. The van der Waals surface area contributed by atoms with E-state index in [0.29, 0.717) is 5.92 Å². The van der Waals surface area contributed by atoms with Crippen LogP contribution in [0.3, 0.4) is 0 Å². The van der Waals surface area contributed by atoms with E-state index in [0.717, 1.165) is 0 Å². The van der Waals surface area contributed by atoms with Crippen molar-refractivity contribution < 1.29 is 0 Å². The largest absolute Gasteiger partial charge is 0.0654 e. The summed E-state index contributed by atoms with van der Waals surface area (Å²) in [6.07, 6.45) is 3.93. The van der Waals surface area contributed by atoms with Crippen molar-refractivity contribution in [3.8, 4) is 0 Å². The Bertz CT molecular complexity index is 29.0. The molecule has 0 aromatic carbocycles. The van der Waals surface area contributed by atoms with Gasteiger partial charge in [0.1, 0.15) is 0 Å². The molecule has 0 bridgehead atoms. The summed E-state index contributed by atoms with van der Waals surface area (Å²) < 4.78 is 0. The van der Waals surface area contributed by atoms with Crippen LogP contribution in [0.25, 0.3) is 0 Å². The average Bonchev–Trinajstić information content (AvgIpc) is 1.61. The molecule has 0 N–H and O–H groups in total. The molecule has 0 saturated heterocycles. The topological polar surface area (TPSA) is 0 Å². The first-order chi connectivity index (χ1) is 3.27. The van der Waals surface area contributed by atoms with Gasteiger partial charge in [-0.1, -0.05) is 40.0 Å². The van der Waals surface area contributed by atoms with Gasteiger partial charge in [0.05, 0.1) is 0 Å². The van der Waals surface area contributed by atoms with Gasteiger partial charge in [-0.25, -0.2) is 0 Å². The van der Waals surface area contributed by atoms with Crippen molar-refractivity contribution in [1.29, 1.82) is 0 Å². The Balaban J connectivity index is 2.68. The third-order valence-electron chi connectivity index (χ3n) is 1.05. The molecule has 0 aromatic heterocycles. The zero-order valence-corrected chi connectivity index (χ0v) is 5.41. The van der Waals surface area contributed by atoms with Crippen LogP contribution < -0.4 is 0 Å². The molecule has 0 aliphatic heterocycles. The normalized spacial score (nSPS) is 10.3. The summed E-state index contributed by atoms with van der Waals surface area (Å²) in [5.41, 5.74) is 0. The van der Waals surface area contributed by atoms with E-state index in [9.17, 15) is 0 Å². The molecule has 7 heavy (non-hydrogen) atoms. The minimum atomic E-state index is 0.653. The number of rotatable bonds is 3. The minimum Gasteiger partial charge on any atom is -0.0654 e. The van der Waals surface area contributed by atoms with Crippen molar-refractivity contribution in [2.45, 2.75) is 33.1 Å². The molecule has 1 atom stereocenters. The number of hydrogen-bond acceptors (Lipinski definition) is 0. The maximum atomic E-state index is 3.88. The zero-order chi connectivity index (χ0) is 5.70. The van der Waals surface area contributed by atoms with Gasteiger partial charge in [-0.05, 0) is 5.92 Å². The lowest BCUT2D eigenvalue weighted by Crippen LogP contribution is -1.84. The highest BCUT2D eigenvalue weighted by Gasteiger charge is 1.88. The van der Waals surface area contributed by atoms with E-state index < -0.39 is 0 Å². The number of unbranched alkanes of at least 4 members (excludes halogenated alkanes) is 1. The molecule has 1 radical (unpaired) electrons. The van der Waals surface area contributed by atoms with Crippen molar-refractivity contribution in [2.24, 2.45) is 5.92 Å². The van der Waals surface area contributed by atoms with Crippen molar-refractivity contribution in [3.05, 3.63) is 6.92 Å². The predicted octanol–water partition coefficient (Wildman–Crippen LogP) is 2.65. The van der Waals surface area contributed by atoms with Crippen molar-refractivity contribution in [3.63, 3.8) is 0 Å². The van der Waals surface area contributed by atoms with Crippen LogP contribution in [-0.2, 0) is 0 Å². The standard InChI is InChI=1S/C7H15/c1-4-5-6-7(2)3/h7H,2,4-6H2,1,3H3/t7-/m0/s1. The summed E-state index contributed by atoms with van der Waals surface area (Å²) in [7, 11) is 0. The van der Waals surface area contributed by atoms with Crippen LogP contribution in [0.15, 0.2) is 0 Å². The van der Waals surface area contributed by atoms with E-state index in [-0.39, 0.29) is 0 Å². The van der Waals surface area contributed by atoms with Gasteiger partial charge in [0.15, 0.2) is 0 Å². The molecule has 0 fully saturated rings. The van der Waals surface area contributed by atoms with E-state index in [2.05, 4.69) is 20.8 Å². The Hall–Kier alpha value is 0. The smallest absolute Gasteiger partial charge is 0.0443 e. The van der Waals surface area contributed by atoms with Crippen LogP contribution in [-0.4, -0.2) is 0 Å². The van der Waals surface area contributed by atoms with Crippen molar-refractivity contribution in [2.75, 3.05) is 0 Å². The second kappa shape index (κ2) is 4.17. The fraction of sp³-hybridized carbons (Fsp3) is 0.857. The Labute approximate surface area is 46.9 Å². The molecular weight excluding hydrogens is 84.1 g/mol. The van der Waals surface area contributed by atoms with E-state index in [1.54, 1.807) is 0 Å². The third-order valence-corrected chi connectivity index (χ3v) is 1.05. The molecule has 0 rings (SSSR count). The lowest BCUT2D eigenvalue weighted by atomic mass is 10.1. The summed E-state index contributed by atoms with van der Waals surface area (Å²) >= 11 is 0. The molecule has 0 saturated carbocycles. The zero-order valence-electron chi connectivity index (χ0n) is 5.41. The quantitative estimate of drug-likeness (QED) is 0.510. The van der Waals surface area contributed by atoms with Gasteiger partial charge in [0.25, 0.3) is 0 Å². The van der Waals surface area contributed by atoms with E-state index in [4.69, 9.17) is 0 Å². The molecular formula is C7H15. The second-order valence-electron chi connectivity index (χ2n) is 2.25. The van der Waals surface area contributed by atoms with Gasteiger partial charge in [0.2, 0.25) is 0 Å². The van der Waals surface area contributed by atoms with Crippen LogP contribution in [0, 0.1) is 12.8 Å². The van der Waals surface area contributed by atoms with Crippen LogP contribution >= 0.6 is 0 Å². The van der Waals surface area contributed by atoms with Crippen molar-refractivity contribution >= 4 is 0 Å². The molecule has 0 heterocycles. The van der Waals surface area contributed by atoms with Gasteiger partial charge in [0, 0.05) is 0 Å². The Morgan fingerprint density at radius 2 is 2.14 bits per heavy atom. The molecule has 0 aliphatic carbocycles. The Morgan fingerprint density at radius 1 is 1.57 bits per heavy atom. The third kappa shape index (κ3) is 6.00. The fourth-order valence-electron chi connectivity index (χ4n) is 0.553.